The second-order valence-corrected chi connectivity index (χ2v) is 13.5. The number of rotatable bonds is 8. The first-order valence-corrected chi connectivity index (χ1v) is 16.9. The number of phenolic OH excluding ortho intramolecular Hbond substituents is 2. The van der Waals surface area contributed by atoms with Crippen molar-refractivity contribution in [3.05, 3.63) is 51.6 Å². The zero-order valence-electron chi connectivity index (χ0n) is 29.2. The van der Waals surface area contributed by atoms with Gasteiger partial charge in [0.2, 0.25) is 5.78 Å². The predicted octanol–water partition coefficient (Wildman–Crippen LogP) is 1.36. The van der Waals surface area contributed by atoms with Crippen LogP contribution < -0.4 is 4.74 Å². The number of Topliss-reactive ketones (excluding diaryl/α,β-unsaturated/α-hetero) is 1. The van der Waals surface area contributed by atoms with Gasteiger partial charge in [0.15, 0.2) is 17.9 Å². The van der Waals surface area contributed by atoms with Gasteiger partial charge >= 0.3 is 6.09 Å². The highest BCUT2D eigenvalue weighted by atomic mass is 16.7. The van der Waals surface area contributed by atoms with Crippen molar-refractivity contribution >= 4 is 23.4 Å². The number of hydrogen-bond donors (Lipinski definition) is 4. The number of aromatic hydroxyl groups is 2. The van der Waals surface area contributed by atoms with Gasteiger partial charge in [-0.1, -0.05) is 12.1 Å². The van der Waals surface area contributed by atoms with E-state index in [2.05, 4.69) is 6.07 Å². The smallest absolute Gasteiger partial charge is 0.409 e. The molecule has 0 aromatic heterocycles. The Morgan fingerprint density at radius 1 is 1.08 bits per heavy atom. The highest BCUT2D eigenvalue weighted by Crippen LogP contribution is 2.52. The lowest BCUT2D eigenvalue weighted by Gasteiger charge is -2.48. The molecule has 2 unspecified atom stereocenters. The fourth-order valence-corrected chi connectivity index (χ4v) is 7.71. The molecule has 2 aliphatic heterocycles. The van der Waals surface area contributed by atoms with E-state index in [1.165, 1.54) is 37.3 Å². The minimum absolute atomic E-state index is 0.00681. The van der Waals surface area contributed by atoms with Crippen molar-refractivity contribution in [1.29, 1.82) is 5.26 Å². The quantitative estimate of drug-likeness (QED) is 0.190. The van der Waals surface area contributed by atoms with E-state index in [0.717, 1.165) is 6.92 Å². The number of fused-ring (bicyclic) bond motifs is 3. The molecule has 4 aliphatic rings. The lowest BCUT2D eigenvalue weighted by atomic mass is 9.72. The van der Waals surface area contributed by atoms with Crippen LogP contribution in [0.5, 0.6) is 17.2 Å². The molecular formula is C36H41N3O13. The minimum Gasteiger partial charge on any atom is -0.507 e. The lowest BCUT2D eigenvalue weighted by Crippen LogP contribution is -2.63. The summed E-state index contributed by atoms with van der Waals surface area (Å²) in [6.07, 6.45) is -5.95. The van der Waals surface area contributed by atoms with Crippen LogP contribution in [0.2, 0.25) is 0 Å². The molecule has 2 aromatic rings. The van der Waals surface area contributed by atoms with Crippen LogP contribution in [-0.4, -0.2) is 137 Å². The van der Waals surface area contributed by atoms with Gasteiger partial charge in [-0.25, -0.2) is 4.79 Å². The molecule has 16 nitrogen and oxygen atoms in total. The van der Waals surface area contributed by atoms with E-state index < -0.39 is 101 Å². The van der Waals surface area contributed by atoms with Crippen LogP contribution in [-0.2, 0) is 30.2 Å². The summed E-state index contributed by atoms with van der Waals surface area (Å²) in [4.78, 5) is 56.3. The van der Waals surface area contributed by atoms with Gasteiger partial charge < -0.3 is 49.0 Å². The second kappa shape index (κ2) is 14.4. The Balaban J connectivity index is 1.33. The van der Waals surface area contributed by atoms with E-state index in [1.807, 2.05) is 0 Å². The van der Waals surface area contributed by atoms with E-state index in [4.69, 9.17) is 23.7 Å². The Hall–Kier alpha value is -4.63. The monoisotopic (exact) mass is 723 g/mol. The summed E-state index contributed by atoms with van der Waals surface area (Å²) < 4.78 is 27.9. The van der Waals surface area contributed by atoms with Crippen molar-refractivity contribution in [2.24, 2.45) is 0 Å². The third kappa shape index (κ3) is 6.27. The van der Waals surface area contributed by atoms with Crippen molar-refractivity contribution < 1.29 is 63.3 Å². The third-order valence-electron chi connectivity index (χ3n) is 10.5. The molecule has 0 saturated carbocycles. The van der Waals surface area contributed by atoms with Crippen molar-refractivity contribution in [2.45, 2.75) is 75.4 Å². The van der Waals surface area contributed by atoms with E-state index >= 15 is 0 Å². The van der Waals surface area contributed by atoms with Crippen LogP contribution in [0.25, 0.3) is 0 Å². The molecule has 0 bridgehead atoms. The number of phenols is 2. The number of nitriles is 1. The van der Waals surface area contributed by atoms with E-state index in [1.54, 1.807) is 11.8 Å². The van der Waals surface area contributed by atoms with Crippen molar-refractivity contribution in [2.75, 3.05) is 47.1 Å². The van der Waals surface area contributed by atoms with E-state index in [9.17, 15) is 44.9 Å². The van der Waals surface area contributed by atoms with Crippen molar-refractivity contribution in [3.63, 3.8) is 0 Å². The van der Waals surface area contributed by atoms with E-state index in [0.29, 0.717) is 0 Å². The number of amides is 1. The first kappa shape index (κ1) is 37.1. The van der Waals surface area contributed by atoms with Crippen molar-refractivity contribution in [3.8, 4) is 23.3 Å². The Morgan fingerprint density at radius 3 is 2.48 bits per heavy atom. The number of ether oxygens (including phenoxy) is 5. The maximum Gasteiger partial charge on any atom is 0.409 e. The molecule has 7 atom stereocenters. The maximum atomic E-state index is 13.9. The molecule has 2 aromatic carbocycles. The molecule has 0 spiro atoms. The number of ketones is 3. The summed E-state index contributed by atoms with van der Waals surface area (Å²) in [6, 6.07) is 5.04. The molecule has 2 heterocycles. The summed E-state index contributed by atoms with van der Waals surface area (Å²) in [5, 5.41) is 56.3. The molecule has 2 fully saturated rings. The standard InChI is InChI=1S/C36H41N3O13/c1-17-30(41)22(39-9-8-38(16-19(39)15-37)35(46)50-11-10-48-3)12-25(51-17)52-24-14-36(47,18(2)40)13-21-27(24)34(45)29-28(32(21)43)31(42)20-6-5-7-23(49-4)26(20)33(29)44/h5-7,17,19,22,24-25,30,41,43,45,47H,8-14,16H2,1-4H3/t17-,19?,22?,24-,25-,30+,36-/m0/s1. The Labute approximate surface area is 299 Å². The van der Waals surface area contributed by atoms with Crippen molar-refractivity contribution in [1.82, 2.24) is 9.80 Å². The van der Waals surface area contributed by atoms with Gasteiger partial charge in [-0.3, -0.25) is 19.3 Å². The van der Waals surface area contributed by atoms with Gasteiger partial charge in [-0.15, -0.1) is 0 Å². The average Bonchev–Trinajstić information content (AvgIpc) is 3.12. The average molecular weight is 724 g/mol. The third-order valence-corrected chi connectivity index (χ3v) is 10.5. The summed E-state index contributed by atoms with van der Waals surface area (Å²) in [6.45, 7) is 3.45. The molecule has 0 radical (unpaired) electrons. The molecule has 1 amide bonds. The first-order chi connectivity index (χ1) is 24.8. The number of methoxy groups -OCH3 is 2. The van der Waals surface area contributed by atoms with Gasteiger partial charge in [0.1, 0.15) is 35.5 Å². The maximum absolute atomic E-state index is 13.9. The molecule has 278 valence electrons. The summed E-state index contributed by atoms with van der Waals surface area (Å²) >= 11 is 0. The van der Waals surface area contributed by atoms with Crippen LogP contribution in [0.15, 0.2) is 18.2 Å². The Bertz CT molecular complexity index is 1840. The number of carbonyl (C=O) groups is 4. The van der Waals surface area contributed by atoms with Gasteiger partial charge in [0.25, 0.3) is 0 Å². The zero-order chi connectivity index (χ0) is 37.6. The number of piperazine rings is 1. The molecule has 52 heavy (non-hydrogen) atoms. The molecular weight excluding hydrogens is 682 g/mol. The Kier molecular flexibility index (Phi) is 10.3. The SMILES string of the molecule is COCCOC(=O)N1CCN(C2C[C@H](O[C@H]3C[C@](O)(C(C)=O)Cc4c(O)c5c(c(O)c43)C(=O)c3c(OC)cccc3C5=O)O[C@@H](C)[C@H]2O)C(C#N)C1. The van der Waals surface area contributed by atoms with Gasteiger partial charge in [0.05, 0.1) is 61.3 Å². The topological polar surface area (TPSA) is 226 Å². The highest BCUT2D eigenvalue weighted by molar-refractivity contribution is 6.31. The van der Waals surface area contributed by atoms with Crippen LogP contribution >= 0.6 is 0 Å². The minimum atomic E-state index is -2.10. The highest BCUT2D eigenvalue weighted by Gasteiger charge is 2.50. The van der Waals surface area contributed by atoms with Gasteiger partial charge in [0, 0.05) is 62.2 Å². The molecule has 16 heteroatoms. The summed E-state index contributed by atoms with van der Waals surface area (Å²) in [5.41, 5.74) is -3.43. The molecule has 4 N–H and O–H groups in total. The zero-order valence-corrected chi connectivity index (χ0v) is 29.2. The lowest BCUT2D eigenvalue weighted by molar-refractivity contribution is -0.260. The summed E-state index contributed by atoms with van der Waals surface area (Å²) in [5.74, 6) is -3.45. The number of aliphatic hydroxyl groups is 2. The Morgan fingerprint density at radius 2 is 1.81 bits per heavy atom. The predicted molar refractivity (Wildman–Crippen MR) is 177 cm³/mol. The number of aliphatic hydroxyl groups excluding tert-OH is 1. The van der Waals surface area contributed by atoms with Gasteiger partial charge in [-0.2, -0.15) is 5.26 Å². The molecule has 6 rings (SSSR count). The van der Waals surface area contributed by atoms with E-state index in [-0.39, 0.29) is 67.3 Å². The van der Waals surface area contributed by atoms with Crippen LogP contribution in [0.3, 0.4) is 0 Å². The summed E-state index contributed by atoms with van der Waals surface area (Å²) in [7, 11) is 2.80. The molecule has 2 aliphatic carbocycles. The molecule has 2 saturated heterocycles. The van der Waals surface area contributed by atoms with Crippen LogP contribution in [0.1, 0.15) is 75.8 Å². The second-order valence-electron chi connectivity index (χ2n) is 13.5. The normalized spacial score (nSPS) is 28.7. The number of carbonyl (C=O) groups excluding carboxylic acids is 4. The largest absolute Gasteiger partial charge is 0.507 e. The number of nitrogens with zero attached hydrogens (tertiary/aromatic N) is 3. The first-order valence-electron chi connectivity index (χ1n) is 16.9. The fourth-order valence-electron chi connectivity index (χ4n) is 7.71. The number of benzene rings is 2. The van der Waals surface area contributed by atoms with Crippen LogP contribution in [0, 0.1) is 11.3 Å². The number of hydrogen-bond acceptors (Lipinski definition) is 15. The van der Waals surface area contributed by atoms with Gasteiger partial charge in [-0.05, 0) is 19.9 Å². The fraction of sp³-hybridized carbons (Fsp3) is 0.528. The van der Waals surface area contributed by atoms with Crippen LogP contribution in [0.4, 0.5) is 4.79 Å².